The average Bonchev–Trinajstić information content (AvgIpc) is 3.05. The van der Waals surface area contributed by atoms with E-state index in [0.29, 0.717) is 36.2 Å². The van der Waals surface area contributed by atoms with Crippen molar-refractivity contribution in [3.8, 4) is 5.75 Å². The van der Waals surface area contributed by atoms with E-state index in [1.165, 1.54) is 5.56 Å². The lowest BCUT2D eigenvalue weighted by molar-refractivity contribution is -0.119. The second-order valence-electron chi connectivity index (χ2n) is 18.8. The van der Waals surface area contributed by atoms with Gasteiger partial charge in [-0.05, 0) is 125 Å². The van der Waals surface area contributed by atoms with Crippen molar-refractivity contribution in [2.24, 2.45) is 0 Å². The number of anilines is 1. The largest absolute Gasteiger partial charge is 0.444 e. The van der Waals surface area contributed by atoms with Gasteiger partial charge in [-0.1, -0.05) is 81.4 Å². The predicted molar refractivity (Wildman–Crippen MR) is 235 cm³/mol. The molecule has 332 valence electrons. The van der Waals surface area contributed by atoms with Crippen molar-refractivity contribution < 1.29 is 41.3 Å². The van der Waals surface area contributed by atoms with Crippen LogP contribution in [-0.2, 0) is 35.8 Å². The first-order valence-electron chi connectivity index (χ1n) is 20.9. The third-order valence-electron chi connectivity index (χ3n) is 9.27. The molecular weight excluding hydrogens is 773 g/mol. The van der Waals surface area contributed by atoms with Crippen LogP contribution in [0.1, 0.15) is 193 Å². The van der Waals surface area contributed by atoms with E-state index >= 15 is 0 Å². The van der Waals surface area contributed by atoms with Crippen LogP contribution in [0, 0.1) is 0 Å². The van der Waals surface area contributed by atoms with Gasteiger partial charge in [-0.15, -0.1) is 0 Å². The highest BCUT2D eigenvalue weighted by atomic mass is 32.2. The molecule has 4 N–H and O–H groups in total. The van der Waals surface area contributed by atoms with E-state index in [4.69, 9.17) is 13.7 Å². The van der Waals surface area contributed by atoms with Crippen LogP contribution in [0.25, 0.3) is 0 Å². The summed E-state index contributed by atoms with van der Waals surface area (Å²) in [5.41, 5.74) is 3.90. The first-order chi connectivity index (χ1) is 27.0. The van der Waals surface area contributed by atoms with Crippen molar-refractivity contribution in [1.29, 1.82) is 0 Å². The van der Waals surface area contributed by atoms with Crippen molar-refractivity contribution in [2.45, 2.75) is 183 Å². The molecule has 0 heterocycles. The van der Waals surface area contributed by atoms with Crippen molar-refractivity contribution in [3.05, 3.63) is 57.6 Å². The van der Waals surface area contributed by atoms with Gasteiger partial charge < -0.3 is 29.6 Å². The maximum atomic E-state index is 13.8. The van der Waals surface area contributed by atoms with Crippen LogP contribution >= 0.6 is 0 Å². The lowest BCUT2D eigenvalue weighted by atomic mass is 9.83. The molecule has 0 aliphatic carbocycles. The molecule has 2 aromatic carbocycles. The molecule has 0 bridgehead atoms. The van der Waals surface area contributed by atoms with Crippen LogP contribution in [0.4, 0.5) is 15.3 Å². The highest BCUT2D eigenvalue weighted by Gasteiger charge is 2.29. The van der Waals surface area contributed by atoms with Gasteiger partial charge in [0.25, 0.3) is 0 Å². The SMILES string of the molecule is CC(C)c1cc(C(C)C)c(CC(=O)NS(=O)(=O)Oc2c(C(C)C)cc(NC(=O)[C@H](CCCCNC(=O)OC(C)(C)C)NC(=O)OC(C)(C)C)cc2C(C)C)c(C(C)C)c1. The Hall–Kier alpha value is -4.33. The summed E-state index contributed by atoms with van der Waals surface area (Å²) in [7, 11) is -4.64. The molecule has 14 heteroatoms. The lowest BCUT2D eigenvalue weighted by Gasteiger charge is -2.25. The quantitative estimate of drug-likeness (QED) is 0.106. The topological polar surface area (TPSA) is 178 Å². The fourth-order valence-electron chi connectivity index (χ4n) is 6.40. The lowest BCUT2D eigenvalue weighted by Crippen LogP contribution is -2.45. The maximum Gasteiger partial charge on any atom is 0.409 e. The van der Waals surface area contributed by atoms with Gasteiger partial charge in [-0.2, -0.15) is 8.42 Å². The molecule has 0 saturated heterocycles. The Bertz CT molecular complexity index is 1830. The van der Waals surface area contributed by atoms with Gasteiger partial charge in [0.05, 0.1) is 6.42 Å². The predicted octanol–water partition coefficient (Wildman–Crippen LogP) is 9.81. The van der Waals surface area contributed by atoms with Gasteiger partial charge in [-0.3, -0.25) is 9.59 Å². The summed E-state index contributed by atoms with van der Waals surface area (Å²) in [6.45, 7) is 30.7. The van der Waals surface area contributed by atoms with Crippen LogP contribution < -0.4 is 24.9 Å². The van der Waals surface area contributed by atoms with Gasteiger partial charge in [0.2, 0.25) is 11.8 Å². The Morgan fingerprint density at radius 2 is 1.12 bits per heavy atom. The minimum absolute atomic E-state index is 0.0706. The summed E-state index contributed by atoms with van der Waals surface area (Å²) in [6.07, 6.45) is -0.244. The number of amides is 4. The second kappa shape index (κ2) is 21.3. The molecule has 0 saturated carbocycles. The summed E-state index contributed by atoms with van der Waals surface area (Å²) in [4.78, 5) is 52.2. The Balaban J connectivity index is 2.40. The molecule has 2 aromatic rings. The Labute approximate surface area is 354 Å². The number of ether oxygens (including phenoxy) is 2. The Kier molecular flexibility index (Phi) is 18.3. The standard InChI is InChI=1S/C45H72N4O9S/c1-26(2)31-21-33(27(3)4)37(34(22-31)28(5)6)25-39(50)49-59(54,55)58-40-35(29(7)8)23-32(24-36(40)30(9)10)47-41(51)38(48-43(53)57-45(14,15)16)19-17-18-20-46-42(52)56-44(11,12)13/h21-24,26-30,38H,17-20,25H2,1-16H3,(H,46,52)(H,47,51)(H,48,53)(H,49,50)/t38-/m0/s1. The first-order valence-corrected chi connectivity index (χ1v) is 22.3. The smallest absolute Gasteiger partial charge is 0.409 e. The van der Waals surface area contributed by atoms with E-state index in [9.17, 15) is 27.6 Å². The zero-order valence-corrected chi connectivity index (χ0v) is 39.2. The molecule has 0 spiro atoms. The molecule has 0 aliphatic rings. The summed E-state index contributed by atoms with van der Waals surface area (Å²) >= 11 is 0. The molecule has 1 atom stereocenters. The van der Waals surface area contributed by atoms with Crippen molar-refractivity contribution in [1.82, 2.24) is 15.4 Å². The molecular formula is C45H72N4O9S. The molecule has 13 nitrogen and oxygen atoms in total. The fraction of sp³-hybridized carbons (Fsp3) is 0.644. The highest BCUT2D eigenvalue weighted by Crippen LogP contribution is 2.39. The van der Waals surface area contributed by atoms with Gasteiger partial charge >= 0.3 is 22.5 Å². The maximum absolute atomic E-state index is 13.8. The molecule has 4 amide bonds. The summed E-state index contributed by atoms with van der Waals surface area (Å²) in [5.74, 6) is -1.18. The number of carbonyl (C=O) groups is 4. The number of hydrogen-bond donors (Lipinski definition) is 4. The number of alkyl carbamates (subject to hydrolysis) is 2. The van der Waals surface area contributed by atoms with E-state index in [-0.39, 0.29) is 48.2 Å². The molecule has 2 rings (SSSR count). The number of nitrogens with one attached hydrogen (secondary N) is 4. The molecule has 0 aromatic heterocycles. The van der Waals surface area contributed by atoms with Crippen LogP contribution in [0.15, 0.2) is 24.3 Å². The minimum Gasteiger partial charge on any atom is -0.444 e. The van der Waals surface area contributed by atoms with Crippen molar-refractivity contribution >= 4 is 40.0 Å². The van der Waals surface area contributed by atoms with E-state index in [1.54, 1.807) is 53.7 Å². The first kappa shape index (κ1) is 50.8. The third-order valence-corrected chi connectivity index (χ3v) is 10.1. The van der Waals surface area contributed by atoms with Crippen LogP contribution in [0.2, 0.25) is 0 Å². The van der Waals surface area contributed by atoms with Crippen LogP contribution in [-0.4, -0.2) is 56.2 Å². The molecule has 0 unspecified atom stereocenters. The number of carbonyl (C=O) groups excluding carboxylic acids is 4. The molecule has 0 aliphatic heterocycles. The van der Waals surface area contributed by atoms with Crippen molar-refractivity contribution in [2.75, 3.05) is 11.9 Å². The summed E-state index contributed by atoms with van der Waals surface area (Å²) < 4.78 is 45.9. The van der Waals surface area contributed by atoms with Gasteiger partial charge in [0.1, 0.15) is 17.2 Å². The van der Waals surface area contributed by atoms with Gasteiger partial charge in [0, 0.05) is 23.4 Å². The molecule has 59 heavy (non-hydrogen) atoms. The number of hydrogen-bond acceptors (Lipinski definition) is 9. The Morgan fingerprint density at radius 3 is 1.56 bits per heavy atom. The van der Waals surface area contributed by atoms with Crippen molar-refractivity contribution in [3.63, 3.8) is 0 Å². The third kappa shape index (κ3) is 17.1. The number of benzene rings is 2. The fourth-order valence-corrected chi connectivity index (χ4v) is 7.21. The molecule has 0 fully saturated rings. The number of unbranched alkanes of at least 4 members (excludes halogenated alkanes) is 1. The minimum atomic E-state index is -4.64. The van der Waals surface area contributed by atoms with Crippen LogP contribution in [0.3, 0.4) is 0 Å². The monoisotopic (exact) mass is 845 g/mol. The normalized spacial score (nSPS) is 12.8. The number of rotatable bonds is 18. The average molecular weight is 845 g/mol. The zero-order valence-electron chi connectivity index (χ0n) is 38.4. The Morgan fingerprint density at radius 1 is 0.644 bits per heavy atom. The summed E-state index contributed by atoms with van der Waals surface area (Å²) in [6, 6.07) is 6.49. The van der Waals surface area contributed by atoms with Crippen LogP contribution in [0.5, 0.6) is 5.75 Å². The second-order valence-corrected chi connectivity index (χ2v) is 20.1. The van der Waals surface area contributed by atoms with Gasteiger partial charge in [-0.25, -0.2) is 14.3 Å². The van der Waals surface area contributed by atoms with E-state index in [1.807, 2.05) is 27.7 Å². The van der Waals surface area contributed by atoms with E-state index in [0.717, 1.165) is 16.7 Å². The summed E-state index contributed by atoms with van der Waals surface area (Å²) in [5, 5.41) is 8.27. The zero-order chi connectivity index (χ0) is 45.2. The van der Waals surface area contributed by atoms with E-state index in [2.05, 4.69) is 74.3 Å². The van der Waals surface area contributed by atoms with E-state index < -0.39 is 51.5 Å². The molecule has 0 radical (unpaired) electrons. The highest BCUT2D eigenvalue weighted by molar-refractivity contribution is 7.85. The van der Waals surface area contributed by atoms with Gasteiger partial charge in [0.15, 0.2) is 5.75 Å².